The molecule has 78 valence electrons. The van der Waals surface area contributed by atoms with Gasteiger partial charge in [-0.3, -0.25) is 4.40 Å². The van der Waals surface area contributed by atoms with Crippen LogP contribution >= 0.6 is 0 Å². The van der Waals surface area contributed by atoms with Crippen molar-refractivity contribution in [3.8, 4) is 0 Å². The molecule has 0 aliphatic heterocycles. The van der Waals surface area contributed by atoms with E-state index in [-0.39, 0.29) is 5.82 Å². The normalized spacial score (nSPS) is 10.5. The zero-order valence-corrected chi connectivity index (χ0v) is 8.47. The molecule has 0 bridgehead atoms. The van der Waals surface area contributed by atoms with Gasteiger partial charge < -0.3 is 4.74 Å². The van der Waals surface area contributed by atoms with Crippen molar-refractivity contribution in [1.82, 2.24) is 19.6 Å². The minimum Gasteiger partial charge on any atom is -0.460 e. The minimum absolute atomic E-state index is 0.152. The SMILES string of the molecule is CCOC(=O)c1nnc2cc(C)ncn12. The molecule has 2 heterocycles. The lowest BCUT2D eigenvalue weighted by Gasteiger charge is -1.99. The summed E-state index contributed by atoms with van der Waals surface area (Å²) in [5.74, 6) is -0.338. The van der Waals surface area contributed by atoms with E-state index in [1.54, 1.807) is 13.0 Å². The first-order chi connectivity index (χ1) is 7.22. The zero-order valence-electron chi connectivity index (χ0n) is 8.47. The second-order valence-corrected chi connectivity index (χ2v) is 3.00. The van der Waals surface area contributed by atoms with Gasteiger partial charge in [-0.05, 0) is 13.8 Å². The number of rotatable bonds is 2. The molecule has 2 aromatic heterocycles. The molecule has 0 aromatic carbocycles. The summed E-state index contributed by atoms with van der Waals surface area (Å²) in [6.45, 7) is 3.90. The molecule has 0 fully saturated rings. The Kier molecular flexibility index (Phi) is 2.32. The average molecular weight is 206 g/mol. The highest BCUT2D eigenvalue weighted by atomic mass is 16.5. The first kappa shape index (κ1) is 9.57. The third-order valence-corrected chi connectivity index (χ3v) is 1.90. The molecule has 0 aliphatic rings. The Hall–Kier alpha value is -1.98. The van der Waals surface area contributed by atoms with Gasteiger partial charge in [-0.1, -0.05) is 0 Å². The van der Waals surface area contributed by atoms with E-state index in [0.717, 1.165) is 5.69 Å². The lowest BCUT2D eigenvalue weighted by molar-refractivity contribution is 0.0510. The second-order valence-electron chi connectivity index (χ2n) is 3.00. The Balaban J connectivity index is 2.49. The maximum absolute atomic E-state index is 11.4. The van der Waals surface area contributed by atoms with Crippen LogP contribution in [0.15, 0.2) is 12.4 Å². The molecule has 6 heteroatoms. The maximum Gasteiger partial charge on any atom is 0.376 e. The van der Waals surface area contributed by atoms with Gasteiger partial charge in [0.25, 0.3) is 0 Å². The standard InChI is InChI=1S/C9H10N4O2/c1-3-15-9(14)8-12-11-7-4-6(2)10-5-13(7)8/h4-5H,3H2,1-2H3. The van der Waals surface area contributed by atoms with Gasteiger partial charge in [-0.2, -0.15) is 0 Å². The summed E-state index contributed by atoms with van der Waals surface area (Å²) in [7, 11) is 0. The van der Waals surface area contributed by atoms with Crippen LogP contribution in [0, 0.1) is 6.92 Å². The van der Waals surface area contributed by atoms with Crippen LogP contribution in [0.3, 0.4) is 0 Å². The molecule has 0 atom stereocenters. The highest BCUT2D eigenvalue weighted by Crippen LogP contribution is 2.04. The molecule has 15 heavy (non-hydrogen) atoms. The lowest BCUT2D eigenvalue weighted by atomic mass is 10.4. The van der Waals surface area contributed by atoms with E-state index in [1.807, 2.05) is 6.92 Å². The average Bonchev–Trinajstić information content (AvgIpc) is 2.60. The fourth-order valence-electron chi connectivity index (χ4n) is 1.22. The monoisotopic (exact) mass is 206 g/mol. The van der Waals surface area contributed by atoms with Gasteiger partial charge in [0.05, 0.1) is 6.61 Å². The van der Waals surface area contributed by atoms with Gasteiger partial charge in [-0.15, -0.1) is 10.2 Å². The number of ether oxygens (including phenoxy) is 1. The molecule has 0 amide bonds. The summed E-state index contributed by atoms with van der Waals surface area (Å²) in [5.41, 5.74) is 1.41. The summed E-state index contributed by atoms with van der Waals surface area (Å²) < 4.78 is 6.34. The predicted octanol–water partition coefficient (Wildman–Crippen LogP) is 0.609. The van der Waals surface area contributed by atoms with Gasteiger partial charge in [0, 0.05) is 11.8 Å². The van der Waals surface area contributed by atoms with Crippen LogP contribution in [-0.2, 0) is 4.74 Å². The van der Waals surface area contributed by atoms with Gasteiger partial charge >= 0.3 is 5.97 Å². The second kappa shape index (κ2) is 3.64. The van der Waals surface area contributed by atoms with Crippen LogP contribution in [0.1, 0.15) is 23.2 Å². The summed E-state index contributed by atoms with van der Waals surface area (Å²) >= 11 is 0. The Bertz CT molecular complexity index is 506. The van der Waals surface area contributed by atoms with Crippen LogP contribution in [0.25, 0.3) is 5.65 Å². The maximum atomic E-state index is 11.4. The van der Waals surface area contributed by atoms with Crippen LogP contribution in [-0.4, -0.2) is 32.2 Å². The van der Waals surface area contributed by atoms with Gasteiger partial charge in [0.15, 0.2) is 5.65 Å². The van der Waals surface area contributed by atoms with E-state index in [2.05, 4.69) is 15.2 Å². The summed E-state index contributed by atoms with van der Waals surface area (Å²) in [4.78, 5) is 15.5. The Labute approximate surface area is 85.9 Å². The van der Waals surface area contributed by atoms with Crippen molar-refractivity contribution in [2.24, 2.45) is 0 Å². The highest BCUT2D eigenvalue weighted by molar-refractivity contribution is 5.86. The lowest BCUT2D eigenvalue weighted by Crippen LogP contribution is -2.09. The van der Waals surface area contributed by atoms with Crippen LogP contribution in [0.5, 0.6) is 0 Å². The number of carbonyl (C=O) groups excluding carboxylic acids is 1. The topological polar surface area (TPSA) is 69.4 Å². The number of fused-ring (bicyclic) bond motifs is 1. The third kappa shape index (κ3) is 1.65. The number of aryl methyl sites for hydroxylation is 1. The van der Waals surface area contributed by atoms with Crippen molar-refractivity contribution in [2.75, 3.05) is 6.61 Å². The summed E-state index contributed by atoms with van der Waals surface area (Å²) in [6, 6.07) is 1.75. The predicted molar refractivity (Wildman–Crippen MR) is 51.5 cm³/mol. The fraction of sp³-hybridized carbons (Fsp3) is 0.333. The Morgan fingerprint density at radius 3 is 3.07 bits per heavy atom. The molecule has 0 saturated carbocycles. The van der Waals surface area contributed by atoms with E-state index in [1.165, 1.54) is 10.7 Å². The Morgan fingerprint density at radius 2 is 2.33 bits per heavy atom. The van der Waals surface area contributed by atoms with Crippen molar-refractivity contribution in [2.45, 2.75) is 13.8 Å². The van der Waals surface area contributed by atoms with Gasteiger partial charge in [0.2, 0.25) is 5.82 Å². The molecule has 0 radical (unpaired) electrons. The smallest absolute Gasteiger partial charge is 0.376 e. The molecule has 6 nitrogen and oxygen atoms in total. The number of carbonyl (C=O) groups is 1. The molecule has 0 saturated heterocycles. The number of nitrogens with zero attached hydrogens (tertiary/aromatic N) is 4. The van der Waals surface area contributed by atoms with E-state index < -0.39 is 5.97 Å². The van der Waals surface area contributed by atoms with Crippen molar-refractivity contribution in [3.63, 3.8) is 0 Å². The fourth-order valence-corrected chi connectivity index (χ4v) is 1.22. The van der Waals surface area contributed by atoms with Crippen molar-refractivity contribution in [1.29, 1.82) is 0 Å². The molecular formula is C9H10N4O2. The first-order valence-corrected chi connectivity index (χ1v) is 4.57. The largest absolute Gasteiger partial charge is 0.460 e. The summed E-state index contributed by atoms with van der Waals surface area (Å²) in [5, 5.41) is 7.61. The first-order valence-electron chi connectivity index (χ1n) is 4.57. The molecule has 0 spiro atoms. The number of aromatic nitrogens is 4. The minimum atomic E-state index is -0.490. The van der Waals surface area contributed by atoms with E-state index in [4.69, 9.17) is 4.74 Å². The van der Waals surface area contributed by atoms with Crippen molar-refractivity contribution < 1.29 is 9.53 Å². The van der Waals surface area contributed by atoms with Crippen LogP contribution < -0.4 is 0 Å². The molecule has 2 rings (SSSR count). The van der Waals surface area contributed by atoms with E-state index in [0.29, 0.717) is 12.3 Å². The number of hydrogen-bond donors (Lipinski definition) is 0. The molecular weight excluding hydrogens is 196 g/mol. The quantitative estimate of drug-likeness (QED) is 0.673. The van der Waals surface area contributed by atoms with E-state index in [9.17, 15) is 4.79 Å². The van der Waals surface area contributed by atoms with Crippen molar-refractivity contribution in [3.05, 3.63) is 23.9 Å². The third-order valence-electron chi connectivity index (χ3n) is 1.90. The van der Waals surface area contributed by atoms with E-state index >= 15 is 0 Å². The Morgan fingerprint density at radius 1 is 1.53 bits per heavy atom. The number of hydrogen-bond acceptors (Lipinski definition) is 5. The van der Waals surface area contributed by atoms with Gasteiger partial charge in [0.1, 0.15) is 6.33 Å². The number of esters is 1. The van der Waals surface area contributed by atoms with Crippen LogP contribution in [0.4, 0.5) is 0 Å². The van der Waals surface area contributed by atoms with Crippen LogP contribution in [0.2, 0.25) is 0 Å². The highest BCUT2D eigenvalue weighted by Gasteiger charge is 2.15. The van der Waals surface area contributed by atoms with Crippen molar-refractivity contribution >= 4 is 11.6 Å². The molecule has 0 unspecified atom stereocenters. The molecule has 0 aliphatic carbocycles. The molecule has 0 N–H and O–H groups in total. The summed E-state index contributed by atoms with van der Waals surface area (Å²) in [6.07, 6.45) is 1.51. The zero-order chi connectivity index (χ0) is 10.8. The molecule has 2 aromatic rings. The van der Waals surface area contributed by atoms with Gasteiger partial charge in [-0.25, -0.2) is 9.78 Å².